The minimum absolute atomic E-state index is 0.126. The molecule has 0 aliphatic carbocycles. The van der Waals surface area contributed by atoms with E-state index in [-0.39, 0.29) is 12.0 Å². The van der Waals surface area contributed by atoms with Gasteiger partial charge in [0.15, 0.2) is 5.16 Å². The Balaban J connectivity index is 1.67. The second-order valence-electron chi connectivity index (χ2n) is 6.91. The van der Waals surface area contributed by atoms with Gasteiger partial charge in [0.05, 0.1) is 29.5 Å². The summed E-state index contributed by atoms with van der Waals surface area (Å²) in [4.78, 5) is 19.2. The lowest BCUT2D eigenvalue weighted by molar-refractivity contribution is -0.135. The van der Waals surface area contributed by atoms with E-state index in [9.17, 15) is 4.79 Å². The Morgan fingerprint density at radius 1 is 1.31 bits per heavy atom. The van der Waals surface area contributed by atoms with E-state index in [1.54, 1.807) is 11.8 Å². The van der Waals surface area contributed by atoms with Crippen molar-refractivity contribution in [3.8, 4) is 0 Å². The molecule has 1 saturated heterocycles. The second-order valence-corrected chi connectivity index (χ2v) is 7.85. The molecule has 1 unspecified atom stereocenters. The Labute approximate surface area is 160 Å². The first-order valence-electron chi connectivity index (χ1n) is 9.66. The first-order valence-corrected chi connectivity index (χ1v) is 10.6. The number of ether oxygens (including phenoxy) is 1. The number of rotatable bonds is 8. The average molecular weight is 376 g/mol. The summed E-state index contributed by atoms with van der Waals surface area (Å²) in [6, 6.07) is 8.25. The number of hydrogen-bond donors (Lipinski definition) is 0. The largest absolute Gasteiger partial charge is 0.375 e. The van der Waals surface area contributed by atoms with E-state index >= 15 is 0 Å². The monoisotopic (exact) mass is 375 g/mol. The van der Waals surface area contributed by atoms with Gasteiger partial charge in [0, 0.05) is 19.6 Å². The van der Waals surface area contributed by atoms with E-state index in [1.807, 2.05) is 24.0 Å². The molecule has 0 spiro atoms. The molecular weight excluding hydrogens is 346 g/mol. The number of para-hydroxylation sites is 2. The van der Waals surface area contributed by atoms with Crippen LogP contribution in [0.25, 0.3) is 11.0 Å². The van der Waals surface area contributed by atoms with Gasteiger partial charge in [0.1, 0.15) is 0 Å². The van der Waals surface area contributed by atoms with E-state index in [1.165, 1.54) is 24.8 Å². The van der Waals surface area contributed by atoms with Crippen molar-refractivity contribution in [3.63, 3.8) is 0 Å². The molecule has 5 nitrogen and oxygen atoms in total. The highest BCUT2D eigenvalue weighted by atomic mass is 32.2. The molecule has 2 heterocycles. The molecule has 0 bridgehead atoms. The Kier molecular flexibility index (Phi) is 6.97. The third-order valence-electron chi connectivity index (χ3n) is 4.77. The van der Waals surface area contributed by atoms with Crippen LogP contribution in [0.5, 0.6) is 0 Å². The molecule has 2 aromatic rings. The molecule has 1 aliphatic heterocycles. The summed E-state index contributed by atoms with van der Waals surface area (Å²) in [5.41, 5.74) is 2.18. The predicted octanol–water partition coefficient (Wildman–Crippen LogP) is 3.96. The lowest BCUT2D eigenvalue weighted by atomic mass is 10.2. The van der Waals surface area contributed by atoms with Crippen molar-refractivity contribution in [1.82, 2.24) is 14.5 Å². The molecule has 3 rings (SSSR count). The van der Waals surface area contributed by atoms with Crippen molar-refractivity contribution >= 4 is 28.7 Å². The van der Waals surface area contributed by atoms with Crippen LogP contribution in [0.2, 0.25) is 0 Å². The number of aryl methyl sites for hydroxylation is 1. The normalized spacial score (nSPS) is 17.8. The fraction of sp³-hybridized carbons (Fsp3) is 0.600. The van der Waals surface area contributed by atoms with Crippen molar-refractivity contribution in [2.24, 2.45) is 0 Å². The van der Waals surface area contributed by atoms with Gasteiger partial charge in [-0.15, -0.1) is 0 Å². The molecule has 1 aliphatic rings. The molecule has 1 amide bonds. The maximum atomic E-state index is 12.6. The quantitative estimate of drug-likeness (QED) is 0.518. The number of fused-ring (bicyclic) bond motifs is 1. The van der Waals surface area contributed by atoms with Crippen LogP contribution in [-0.2, 0) is 16.1 Å². The Morgan fingerprint density at radius 2 is 2.15 bits per heavy atom. The fourth-order valence-electron chi connectivity index (χ4n) is 3.34. The molecule has 1 atom stereocenters. The predicted molar refractivity (Wildman–Crippen MR) is 107 cm³/mol. The highest BCUT2D eigenvalue weighted by Gasteiger charge is 2.22. The number of unbranched alkanes of at least 4 members (excludes halogenated alkanes) is 3. The molecule has 1 aromatic carbocycles. The van der Waals surface area contributed by atoms with Crippen LogP contribution in [0.15, 0.2) is 29.4 Å². The number of carbonyl (C=O) groups excluding carboxylic acids is 1. The molecule has 0 N–H and O–H groups in total. The van der Waals surface area contributed by atoms with Crippen LogP contribution in [0, 0.1) is 0 Å². The van der Waals surface area contributed by atoms with E-state index in [0.717, 1.165) is 23.6 Å². The SMILES string of the molecule is CCCCCCn1c(SCC(=O)N2CCOC(C)C2)nc2ccccc21. The maximum absolute atomic E-state index is 12.6. The first-order chi connectivity index (χ1) is 12.7. The van der Waals surface area contributed by atoms with E-state index in [4.69, 9.17) is 9.72 Å². The molecule has 1 fully saturated rings. The number of benzene rings is 1. The van der Waals surface area contributed by atoms with E-state index in [2.05, 4.69) is 23.6 Å². The third kappa shape index (κ3) is 4.80. The Morgan fingerprint density at radius 3 is 2.96 bits per heavy atom. The number of thioether (sulfide) groups is 1. The Hall–Kier alpha value is -1.53. The Bertz CT molecular complexity index is 731. The molecule has 0 saturated carbocycles. The highest BCUT2D eigenvalue weighted by molar-refractivity contribution is 7.99. The van der Waals surface area contributed by atoms with Crippen LogP contribution in [0.1, 0.15) is 39.5 Å². The zero-order chi connectivity index (χ0) is 18.4. The van der Waals surface area contributed by atoms with Crippen LogP contribution >= 0.6 is 11.8 Å². The van der Waals surface area contributed by atoms with Crippen LogP contribution in [-0.4, -0.2) is 51.9 Å². The molecule has 0 radical (unpaired) electrons. The highest BCUT2D eigenvalue weighted by Crippen LogP contribution is 2.25. The van der Waals surface area contributed by atoms with E-state index in [0.29, 0.717) is 25.4 Å². The lowest BCUT2D eigenvalue weighted by Crippen LogP contribution is -2.45. The van der Waals surface area contributed by atoms with Crippen molar-refractivity contribution in [3.05, 3.63) is 24.3 Å². The minimum atomic E-state index is 0.126. The van der Waals surface area contributed by atoms with Crippen molar-refractivity contribution < 1.29 is 9.53 Å². The number of aromatic nitrogens is 2. The summed E-state index contributed by atoms with van der Waals surface area (Å²) in [6.07, 6.45) is 5.01. The van der Waals surface area contributed by atoms with Crippen LogP contribution in [0.3, 0.4) is 0 Å². The van der Waals surface area contributed by atoms with E-state index < -0.39 is 0 Å². The average Bonchev–Trinajstić information content (AvgIpc) is 3.01. The summed E-state index contributed by atoms with van der Waals surface area (Å²) in [6.45, 7) is 7.22. The van der Waals surface area contributed by atoms with Crippen molar-refractivity contribution in [1.29, 1.82) is 0 Å². The second kappa shape index (κ2) is 9.42. The maximum Gasteiger partial charge on any atom is 0.233 e. The van der Waals surface area contributed by atoms with Gasteiger partial charge in [-0.1, -0.05) is 50.1 Å². The number of imidazole rings is 1. The number of amides is 1. The van der Waals surface area contributed by atoms with Crippen molar-refractivity contribution in [2.75, 3.05) is 25.4 Å². The van der Waals surface area contributed by atoms with Gasteiger partial charge in [0.25, 0.3) is 0 Å². The summed E-state index contributed by atoms with van der Waals surface area (Å²) >= 11 is 1.56. The molecule has 26 heavy (non-hydrogen) atoms. The van der Waals surface area contributed by atoms with Crippen LogP contribution < -0.4 is 0 Å². The summed E-state index contributed by atoms with van der Waals surface area (Å²) in [5, 5.41) is 0.956. The number of nitrogens with zero attached hydrogens (tertiary/aromatic N) is 3. The summed E-state index contributed by atoms with van der Waals surface area (Å²) < 4.78 is 7.81. The fourth-order valence-corrected chi connectivity index (χ4v) is 4.28. The standard InChI is InChI=1S/C20H29N3O2S/c1-3-4-5-8-11-23-18-10-7-6-9-17(18)21-20(23)26-15-19(24)22-12-13-25-16(2)14-22/h6-7,9-10,16H,3-5,8,11-15H2,1-2H3. The zero-order valence-electron chi connectivity index (χ0n) is 15.8. The molecule has 1 aromatic heterocycles. The van der Waals surface area contributed by atoms with Gasteiger partial charge >= 0.3 is 0 Å². The molecule has 6 heteroatoms. The smallest absolute Gasteiger partial charge is 0.233 e. The van der Waals surface area contributed by atoms with Gasteiger partial charge in [-0.2, -0.15) is 0 Å². The summed E-state index contributed by atoms with van der Waals surface area (Å²) in [5.74, 6) is 0.611. The third-order valence-corrected chi connectivity index (χ3v) is 5.73. The van der Waals surface area contributed by atoms with Gasteiger partial charge < -0.3 is 14.2 Å². The van der Waals surface area contributed by atoms with Gasteiger partial charge in [-0.25, -0.2) is 4.98 Å². The van der Waals surface area contributed by atoms with Crippen molar-refractivity contribution in [2.45, 2.75) is 57.3 Å². The van der Waals surface area contributed by atoms with Gasteiger partial charge in [-0.05, 0) is 25.5 Å². The molecule has 142 valence electrons. The first kappa shape index (κ1) is 19.2. The number of hydrogen-bond acceptors (Lipinski definition) is 4. The minimum Gasteiger partial charge on any atom is -0.375 e. The summed E-state index contributed by atoms with van der Waals surface area (Å²) in [7, 11) is 0. The van der Waals surface area contributed by atoms with Gasteiger partial charge in [-0.3, -0.25) is 4.79 Å². The van der Waals surface area contributed by atoms with Crippen LogP contribution in [0.4, 0.5) is 0 Å². The topological polar surface area (TPSA) is 47.4 Å². The number of morpholine rings is 1. The zero-order valence-corrected chi connectivity index (χ0v) is 16.6. The van der Waals surface area contributed by atoms with Gasteiger partial charge in [0.2, 0.25) is 5.91 Å². The lowest BCUT2D eigenvalue weighted by Gasteiger charge is -2.31. The molecular formula is C20H29N3O2S. The number of carbonyl (C=O) groups is 1.